The molecule has 0 aliphatic carbocycles. The third-order valence-electron chi connectivity index (χ3n) is 3.74. The van der Waals surface area contributed by atoms with Crippen molar-refractivity contribution in [1.29, 1.82) is 0 Å². The van der Waals surface area contributed by atoms with E-state index in [9.17, 15) is 9.59 Å². The van der Waals surface area contributed by atoms with Gasteiger partial charge in [0.05, 0.1) is 17.3 Å². The second kappa shape index (κ2) is 7.49. The fraction of sp³-hybridized carbons (Fsp3) is 0.263. The van der Waals surface area contributed by atoms with E-state index in [1.807, 2.05) is 48.7 Å². The van der Waals surface area contributed by atoms with Gasteiger partial charge in [0.25, 0.3) is 0 Å². The molecule has 126 valence electrons. The zero-order valence-electron chi connectivity index (χ0n) is 14.2. The molecule has 4 nitrogen and oxygen atoms in total. The Morgan fingerprint density at radius 1 is 1.25 bits per heavy atom. The third kappa shape index (κ3) is 3.60. The van der Waals surface area contributed by atoms with Crippen LogP contribution in [0.2, 0.25) is 5.02 Å². The Morgan fingerprint density at radius 2 is 1.92 bits per heavy atom. The van der Waals surface area contributed by atoms with Crippen molar-refractivity contribution < 1.29 is 14.3 Å². The zero-order valence-corrected chi connectivity index (χ0v) is 15.0. The summed E-state index contributed by atoms with van der Waals surface area (Å²) >= 11 is 6.30. The Labute approximate surface area is 146 Å². The molecular formula is C19H20ClNO3. The number of para-hydroxylation sites is 1. The van der Waals surface area contributed by atoms with Gasteiger partial charge in [0.15, 0.2) is 5.78 Å². The van der Waals surface area contributed by atoms with Crippen LogP contribution in [0.15, 0.2) is 35.9 Å². The van der Waals surface area contributed by atoms with Crippen LogP contribution < -0.4 is 0 Å². The first-order chi connectivity index (χ1) is 11.4. The van der Waals surface area contributed by atoms with E-state index in [-0.39, 0.29) is 18.0 Å². The highest BCUT2D eigenvalue weighted by Crippen LogP contribution is 2.27. The molecule has 0 unspecified atom stereocenters. The van der Waals surface area contributed by atoms with Gasteiger partial charge in [0, 0.05) is 11.4 Å². The molecule has 0 saturated heterocycles. The highest BCUT2D eigenvalue weighted by Gasteiger charge is 2.18. The molecule has 0 radical (unpaired) electrons. The Bertz CT molecular complexity index is 818. The van der Waals surface area contributed by atoms with Crippen LogP contribution in [0.4, 0.5) is 0 Å². The first-order valence-corrected chi connectivity index (χ1v) is 8.08. The molecule has 0 saturated carbocycles. The third-order valence-corrected chi connectivity index (χ3v) is 4.06. The van der Waals surface area contributed by atoms with E-state index in [1.165, 1.54) is 6.92 Å². The van der Waals surface area contributed by atoms with Gasteiger partial charge in [-0.1, -0.05) is 23.7 Å². The number of nitrogens with zero attached hydrogens (tertiary/aromatic N) is 1. The van der Waals surface area contributed by atoms with Crippen LogP contribution >= 0.6 is 11.6 Å². The second-order valence-corrected chi connectivity index (χ2v) is 5.86. The number of aromatic nitrogens is 1. The van der Waals surface area contributed by atoms with Gasteiger partial charge in [0.1, 0.15) is 5.57 Å². The van der Waals surface area contributed by atoms with Crippen molar-refractivity contribution in [1.82, 2.24) is 4.57 Å². The van der Waals surface area contributed by atoms with Crippen molar-refractivity contribution in [3.05, 3.63) is 57.9 Å². The SMILES string of the molecule is CCOC(=O)C(=Cc1cc(C)n(-c2ccccc2Cl)c1C)C(C)=O. The van der Waals surface area contributed by atoms with E-state index in [0.29, 0.717) is 5.02 Å². The van der Waals surface area contributed by atoms with Gasteiger partial charge in [-0.2, -0.15) is 0 Å². The molecule has 0 N–H and O–H groups in total. The summed E-state index contributed by atoms with van der Waals surface area (Å²) in [6.07, 6.45) is 1.58. The van der Waals surface area contributed by atoms with Crippen LogP contribution in [0.5, 0.6) is 0 Å². The molecule has 1 aromatic carbocycles. The molecule has 0 bridgehead atoms. The van der Waals surface area contributed by atoms with Gasteiger partial charge >= 0.3 is 5.97 Å². The maximum atomic E-state index is 12.0. The Morgan fingerprint density at radius 3 is 2.50 bits per heavy atom. The summed E-state index contributed by atoms with van der Waals surface area (Å²) in [5, 5.41) is 0.631. The largest absolute Gasteiger partial charge is 0.462 e. The molecule has 5 heteroatoms. The van der Waals surface area contributed by atoms with Crippen molar-refractivity contribution >= 4 is 29.4 Å². The van der Waals surface area contributed by atoms with E-state index >= 15 is 0 Å². The summed E-state index contributed by atoms with van der Waals surface area (Å²) in [4.78, 5) is 23.8. The summed E-state index contributed by atoms with van der Waals surface area (Å²) in [5.41, 5.74) is 3.53. The smallest absolute Gasteiger partial charge is 0.341 e. The lowest BCUT2D eigenvalue weighted by Crippen LogP contribution is -2.13. The van der Waals surface area contributed by atoms with Crippen LogP contribution in [0.3, 0.4) is 0 Å². The van der Waals surface area contributed by atoms with Crippen LogP contribution in [-0.4, -0.2) is 22.9 Å². The molecule has 2 aromatic rings. The molecule has 24 heavy (non-hydrogen) atoms. The molecule has 2 rings (SSSR count). The summed E-state index contributed by atoms with van der Waals surface area (Å²) < 4.78 is 6.96. The van der Waals surface area contributed by atoms with Gasteiger partial charge < -0.3 is 9.30 Å². The molecule has 1 aromatic heterocycles. The van der Waals surface area contributed by atoms with Crippen LogP contribution in [-0.2, 0) is 14.3 Å². The first-order valence-electron chi connectivity index (χ1n) is 7.70. The van der Waals surface area contributed by atoms with E-state index in [0.717, 1.165) is 22.6 Å². The zero-order chi connectivity index (χ0) is 17.9. The lowest BCUT2D eigenvalue weighted by Gasteiger charge is -2.11. The predicted molar refractivity (Wildman–Crippen MR) is 95.5 cm³/mol. The van der Waals surface area contributed by atoms with Crippen LogP contribution in [0.1, 0.15) is 30.8 Å². The normalized spacial score (nSPS) is 11.5. The molecular weight excluding hydrogens is 326 g/mol. The average Bonchev–Trinajstić information content (AvgIpc) is 2.79. The molecule has 0 spiro atoms. The van der Waals surface area contributed by atoms with Gasteiger partial charge in [-0.15, -0.1) is 0 Å². The highest BCUT2D eigenvalue weighted by molar-refractivity contribution is 6.32. The number of carbonyl (C=O) groups is 2. The van der Waals surface area contributed by atoms with Gasteiger partial charge in [-0.3, -0.25) is 4.79 Å². The number of hydrogen-bond acceptors (Lipinski definition) is 3. The summed E-state index contributed by atoms with van der Waals surface area (Å²) in [5.74, 6) is -0.927. The van der Waals surface area contributed by atoms with E-state index in [4.69, 9.17) is 16.3 Å². The molecule has 0 amide bonds. The maximum Gasteiger partial charge on any atom is 0.341 e. The minimum atomic E-state index is -0.604. The number of hydrogen-bond donors (Lipinski definition) is 0. The fourth-order valence-corrected chi connectivity index (χ4v) is 2.83. The van der Waals surface area contributed by atoms with Crippen molar-refractivity contribution in [3.63, 3.8) is 0 Å². The topological polar surface area (TPSA) is 48.3 Å². The van der Waals surface area contributed by atoms with Gasteiger partial charge in [0.2, 0.25) is 0 Å². The Kier molecular flexibility index (Phi) is 5.62. The molecule has 0 fully saturated rings. The number of halogens is 1. The Balaban J connectivity index is 2.56. The van der Waals surface area contributed by atoms with Gasteiger partial charge in [-0.05, 0) is 57.5 Å². The summed E-state index contributed by atoms with van der Waals surface area (Å²) in [7, 11) is 0. The minimum absolute atomic E-state index is 0.0382. The minimum Gasteiger partial charge on any atom is -0.462 e. The number of carbonyl (C=O) groups excluding carboxylic acids is 2. The fourth-order valence-electron chi connectivity index (χ4n) is 2.61. The molecule has 0 aliphatic rings. The second-order valence-electron chi connectivity index (χ2n) is 5.45. The highest BCUT2D eigenvalue weighted by atomic mass is 35.5. The lowest BCUT2D eigenvalue weighted by atomic mass is 10.1. The number of aryl methyl sites for hydroxylation is 1. The average molecular weight is 346 g/mol. The monoisotopic (exact) mass is 345 g/mol. The number of esters is 1. The lowest BCUT2D eigenvalue weighted by molar-refractivity contribution is -0.139. The van der Waals surface area contributed by atoms with Crippen molar-refractivity contribution in [2.75, 3.05) is 6.61 Å². The standard InChI is InChI=1S/C19H20ClNO3/c1-5-24-19(23)16(14(4)22)11-15-10-12(2)21(13(15)3)18-9-7-6-8-17(18)20/h6-11H,5H2,1-4H3. The van der Waals surface area contributed by atoms with E-state index in [1.54, 1.807) is 13.0 Å². The predicted octanol–water partition coefficient (Wildman–Crippen LogP) is 4.28. The van der Waals surface area contributed by atoms with Crippen molar-refractivity contribution in [2.45, 2.75) is 27.7 Å². The van der Waals surface area contributed by atoms with Crippen LogP contribution in [0, 0.1) is 13.8 Å². The number of ether oxygens (including phenoxy) is 1. The van der Waals surface area contributed by atoms with Gasteiger partial charge in [-0.25, -0.2) is 4.79 Å². The Hall–Kier alpha value is -2.33. The van der Waals surface area contributed by atoms with Crippen molar-refractivity contribution in [3.8, 4) is 5.69 Å². The molecule has 0 aliphatic heterocycles. The first kappa shape index (κ1) is 18.0. The number of Topliss-reactive ketones (excluding diaryl/α,β-unsaturated/α-hetero) is 1. The van der Waals surface area contributed by atoms with E-state index in [2.05, 4.69) is 0 Å². The maximum absolute atomic E-state index is 12.0. The molecule has 1 heterocycles. The number of ketones is 1. The van der Waals surface area contributed by atoms with Crippen LogP contribution in [0.25, 0.3) is 11.8 Å². The molecule has 0 atom stereocenters. The number of benzene rings is 1. The quantitative estimate of drug-likeness (QED) is 0.351. The summed E-state index contributed by atoms with van der Waals surface area (Å²) in [6, 6.07) is 9.45. The van der Waals surface area contributed by atoms with Crippen molar-refractivity contribution in [2.24, 2.45) is 0 Å². The van der Waals surface area contributed by atoms with E-state index < -0.39 is 5.97 Å². The number of rotatable bonds is 5. The summed E-state index contributed by atoms with van der Waals surface area (Å²) in [6.45, 7) is 7.16.